The first kappa shape index (κ1) is 13.2. The van der Waals surface area contributed by atoms with Crippen molar-refractivity contribution in [3.05, 3.63) is 23.7 Å². The van der Waals surface area contributed by atoms with Gasteiger partial charge in [-0.3, -0.25) is 4.90 Å². The summed E-state index contributed by atoms with van der Waals surface area (Å²) in [5.41, 5.74) is 0. The molecule has 1 aromatic heterocycles. The molecule has 0 aliphatic carbocycles. The predicted octanol–water partition coefficient (Wildman–Crippen LogP) is 0.992. The fourth-order valence-electron chi connectivity index (χ4n) is 1.49. The highest BCUT2D eigenvalue weighted by Crippen LogP contribution is 2.09. The molecule has 0 fully saturated rings. The van der Waals surface area contributed by atoms with Gasteiger partial charge in [-0.2, -0.15) is 0 Å². The molecule has 4 heteroatoms. The number of rotatable bonds is 7. The van der Waals surface area contributed by atoms with Crippen molar-refractivity contribution in [2.24, 2.45) is 0 Å². The molecule has 0 aromatic carbocycles. The van der Waals surface area contributed by atoms with E-state index >= 15 is 0 Å². The zero-order valence-electron chi connectivity index (χ0n) is 10.8. The Morgan fingerprint density at radius 2 is 1.81 bits per heavy atom. The van der Waals surface area contributed by atoms with Crippen LogP contribution >= 0.6 is 0 Å². The van der Waals surface area contributed by atoms with Gasteiger partial charge in [0.25, 0.3) is 0 Å². The SMILES string of the molecule is CNCc1ccc(CN(C)CCN(C)C)o1. The summed E-state index contributed by atoms with van der Waals surface area (Å²) in [4.78, 5) is 4.45. The molecule has 0 aliphatic rings. The third kappa shape index (κ3) is 4.79. The molecule has 0 saturated carbocycles. The summed E-state index contributed by atoms with van der Waals surface area (Å²) in [6.07, 6.45) is 0. The summed E-state index contributed by atoms with van der Waals surface area (Å²) in [5.74, 6) is 2.03. The summed E-state index contributed by atoms with van der Waals surface area (Å²) >= 11 is 0. The number of nitrogens with one attached hydrogen (secondary N) is 1. The van der Waals surface area contributed by atoms with Crippen LogP contribution in [0.5, 0.6) is 0 Å². The first-order valence-corrected chi connectivity index (χ1v) is 5.67. The van der Waals surface area contributed by atoms with E-state index in [4.69, 9.17) is 4.42 Å². The van der Waals surface area contributed by atoms with Gasteiger partial charge >= 0.3 is 0 Å². The van der Waals surface area contributed by atoms with Gasteiger partial charge in [0.1, 0.15) is 11.5 Å². The summed E-state index contributed by atoms with van der Waals surface area (Å²) in [6, 6.07) is 4.09. The van der Waals surface area contributed by atoms with E-state index in [0.29, 0.717) is 0 Å². The Bertz CT molecular complexity index is 296. The van der Waals surface area contributed by atoms with Gasteiger partial charge < -0.3 is 14.6 Å². The lowest BCUT2D eigenvalue weighted by Gasteiger charge is -2.17. The van der Waals surface area contributed by atoms with Gasteiger partial charge in [-0.05, 0) is 40.3 Å². The highest BCUT2D eigenvalue weighted by molar-refractivity contribution is 5.06. The van der Waals surface area contributed by atoms with Crippen molar-refractivity contribution >= 4 is 0 Å². The normalized spacial score (nSPS) is 11.6. The molecule has 1 rings (SSSR count). The number of likely N-dealkylation sites (N-methyl/N-ethyl adjacent to an activating group) is 2. The fourth-order valence-corrected chi connectivity index (χ4v) is 1.49. The Balaban J connectivity index is 2.34. The number of hydrogen-bond acceptors (Lipinski definition) is 4. The smallest absolute Gasteiger partial charge is 0.118 e. The Kier molecular flexibility index (Phi) is 5.52. The molecule has 0 unspecified atom stereocenters. The van der Waals surface area contributed by atoms with Crippen molar-refractivity contribution in [1.29, 1.82) is 0 Å². The molecule has 0 radical (unpaired) electrons. The summed E-state index contributed by atoms with van der Waals surface area (Å²) < 4.78 is 5.68. The Morgan fingerprint density at radius 1 is 1.12 bits per heavy atom. The maximum Gasteiger partial charge on any atom is 0.118 e. The van der Waals surface area contributed by atoms with Crippen molar-refractivity contribution < 1.29 is 4.42 Å². The van der Waals surface area contributed by atoms with Crippen LogP contribution in [-0.4, -0.2) is 51.1 Å². The molecule has 0 atom stereocenters. The minimum atomic E-state index is 0.793. The molecular formula is C12H23N3O. The second-order valence-electron chi connectivity index (χ2n) is 4.44. The lowest BCUT2D eigenvalue weighted by molar-refractivity contribution is 0.256. The zero-order chi connectivity index (χ0) is 12.0. The average molecular weight is 225 g/mol. The quantitative estimate of drug-likeness (QED) is 0.750. The van der Waals surface area contributed by atoms with Gasteiger partial charge in [0.2, 0.25) is 0 Å². The van der Waals surface area contributed by atoms with Crippen LogP contribution in [-0.2, 0) is 13.1 Å². The van der Waals surface area contributed by atoms with E-state index < -0.39 is 0 Å². The lowest BCUT2D eigenvalue weighted by Crippen LogP contribution is -2.28. The van der Waals surface area contributed by atoms with E-state index in [9.17, 15) is 0 Å². The Hall–Kier alpha value is -0.840. The summed E-state index contributed by atoms with van der Waals surface area (Å²) in [7, 11) is 8.21. The lowest BCUT2D eigenvalue weighted by atomic mass is 10.4. The minimum Gasteiger partial charge on any atom is -0.463 e. The first-order chi connectivity index (χ1) is 7.61. The van der Waals surface area contributed by atoms with E-state index in [1.165, 1.54) is 0 Å². The Labute approximate surface area is 98.2 Å². The van der Waals surface area contributed by atoms with Crippen LogP contribution in [0.2, 0.25) is 0 Å². The van der Waals surface area contributed by atoms with E-state index in [-0.39, 0.29) is 0 Å². The van der Waals surface area contributed by atoms with Crippen LogP contribution in [0.1, 0.15) is 11.5 Å². The van der Waals surface area contributed by atoms with Crippen molar-refractivity contribution in [1.82, 2.24) is 15.1 Å². The van der Waals surface area contributed by atoms with E-state index in [1.54, 1.807) is 0 Å². The molecule has 0 saturated heterocycles. The summed E-state index contributed by atoms with van der Waals surface area (Å²) in [5, 5.41) is 3.08. The molecule has 0 bridgehead atoms. The second-order valence-corrected chi connectivity index (χ2v) is 4.44. The van der Waals surface area contributed by atoms with Crippen LogP contribution in [0.25, 0.3) is 0 Å². The maximum absolute atomic E-state index is 5.68. The van der Waals surface area contributed by atoms with Gasteiger partial charge in [-0.1, -0.05) is 0 Å². The van der Waals surface area contributed by atoms with Gasteiger partial charge in [0, 0.05) is 13.1 Å². The summed E-state index contributed by atoms with van der Waals surface area (Å²) in [6.45, 7) is 3.79. The highest BCUT2D eigenvalue weighted by Gasteiger charge is 2.05. The average Bonchev–Trinajstić information content (AvgIpc) is 2.63. The van der Waals surface area contributed by atoms with Gasteiger partial charge in [-0.15, -0.1) is 0 Å². The third-order valence-electron chi connectivity index (χ3n) is 2.42. The molecular weight excluding hydrogens is 202 g/mol. The highest BCUT2D eigenvalue weighted by atomic mass is 16.3. The third-order valence-corrected chi connectivity index (χ3v) is 2.42. The largest absolute Gasteiger partial charge is 0.463 e. The molecule has 0 amide bonds. The predicted molar refractivity (Wildman–Crippen MR) is 66.4 cm³/mol. The molecule has 4 nitrogen and oxygen atoms in total. The molecule has 1 N–H and O–H groups in total. The van der Waals surface area contributed by atoms with Crippen LogP contribution in [0.15, 0.2) is 16.5 Å². The van der Waals surface area contributed by atoms with Gasteiger partial charge in [0.15, 0.2) is 0 Å². The van der Waals surface area contributed by atoms with E-state index in [1.807, 2.05) is 13.1 Å². The fraction of sp³-hybridized carbons (Fsp3) is 0.667. The monoisotopic (exact) mass is 225 g/mol. The molecule has 16 heavy (non-hydrogen) atoms. The minimum absolute atomic E-state index is 0.793. The molecule has 92 valence electrons. The standard InChI is InChI=1S/C12H23N3O/c1-13-9-11-5-6-12(16-11)10-15(4)8-7-14(2)3/h5-6,13H,7-10H2,1-4H3. The number of hydrogen-bond donors (Lipinski definition) is 1. The van der Waals surface area contributed by atoms with Crippen molar-refractivity contribution in [3.63, 3.8) is 0 Å². The first-order valence-electron chi connectivity index (χ1n) is 5.67. The topological polar surface area (TPSA) is 31.6 Å². The number of nitrogens with zero attached hydrogens (tertiary/aromatic N) is 2. The molecule has 1 aromatic rings. The molecule has 0 aliphatic heterocycles. The Morgan fingerprint density at radius 3 is 2.44 bits per heavy atom. The van der Waals surface area contributed by atoms with E-state index in [2.05, 4.69) is 42.3 Å². The second kappa shape index (κ2) is 6.68. The van der Waals surface area contributed by atoms with E-state index in [0.717, 1.165) is 37.7 Å². The van der Waals surface area contributed by atoms with Gasteiger partial charge in [-0.25, -0.2) is 0 Å². The zero-order valence-corrected chi connectivity index (χ0v) is 10.8. The van der Waals surface area contributed by atoms with Crippen LogP contribution < -0.4 is 5.32 Å². The molecule has 1 heterocycles. The number of furan rings is 1. The molecule has 0 spiro atoms. The van der Waals surface area contributed by atoms with Crippen LogP contribution in [0.3, 0.4) is 0 Å². The van der Waals surface area contributed by atoms with Crippen LogP contribution in [0, 0.1) is 0 Å². The van der Waals surface area contributed by atoms with Crippen molar-refractivity contribution in [2.45, 2.75) is 13.1 Å². The maximum atomic E-state index is 5.68. The van der Waals surface area contributed by atoms with Crippen LogP contribution in [0.4, 0.5) is 0 Å². The van der Waals surface area contributed by atoms with Crippen molar-refractivity contribution in [2.75, 3.05) is 41.3 Å². The van der Waals surface area contributed by atoms with Gasteiger partial charge in [0.05, 0.1) is 13.1 Å². The van der Waals surface area contributed by atoms with Crippen molar-refractivity contribution in [3.8, 4) is 0 Å².